The van der Waals surface area contributed by atoms with Gasteiger partial charge >= 0.3 is 6.03 Å². The van der Waals surface area contributed by atoms with E-state index in [1.54, 1.807) is 6.26 Å². The fraction of sp³-hybridized carbons (Fsp3) is 0.533. The van der Waals surface area contributed by atoms with Gasteiger partial charge in [0.05, 0.1) is 0 Å². The fourth-order valence-corrected chi connectivity index (χ4v) is 2.83. The molecule has 0 saturated carbocycles. The van der Waals surface area contributed by atoms with Gasteiger partial charge in [0.2, 0.25) is 0 Å². The maximum atomic E-state index is 12.0. The molecule has 2 atom stereocenters. The van der Waals surface area contributed by atoms with E-state index in [1.807, 2.05) is 13.0 Å². The molecular formula is C15H24N2O2S. The molecule has 0 fully saturated rings. The van der Waals surface area contributed by atoms with E-state index in [2.05, 4.69) is 36.6 Å². The third-order valence-electron chi connectivity index (χ3n) is 3.07. The standard InChI is InChI=1S/C15H24N2O2S/c1-5-12-7-8-13(6-2)14(9-12)17-15(18)16-11(3)10-20(4)19/h7-9,11H,5-6,10H2,1-4H3,(H2,16,17,18)/t11-,20+/m0/s1. The lowest BCUT2D eigenvalue weighted by atomic mass is 10.1. The SMILES string of the molecule is CCc1ccc(CC)c(NC(=O)N[C@@H](C)C[S@@](C)=O)c1. The average Bonchev–Trinajstić information content (AvgIpc) is 2.37. The zero-order valence-corrected chi connectivity index (χ0v) is 13.5. The largest absolute Gasteiger partial charge is 0.334 e. The maximum Gasteiger partial charge on any atom is 0.319 e. The van der Waals surface area contributed by atoms with Gasteiger partial charge in [0.1, 0.15) is 0 Å². The summed E-state index contributed by atoms with van der Waals surface area (Å²) in [6.07, 6.45) is 3.44. The van der Waals surface area contributed by atoms with Crippen molar-refractivity contribution in [2.75, 3.05) is 17.3 Å². The number of carbonyl (C=O) groups excluding carboxylic acids is 1. The van der Waals surface area contributed by atoms with Crippen molar-refractivity contribution in [3.8, 4) is 0 Å². The highest BCUT2D eigenvalue weighted by molar-refractivity contribution is 7.84. The van der Waals surface area contributed by atoms with Crippen LogP contribution in [0.4, 0.5) is 10.5 Å². The predicted octanol–water partition coefficient (Wildman–Crippen LogP) is 2.70. The van der Waals surface area contributed by atoms with Gasteiger partial charge in [0, 0.05) is 34.5 Å². The molecule has 4 nitrogen and oxygen atoms in total. The third kappa shape index (κ3) is 5.33. The second-order valence-corrected chi connectivity index (χ2v) is 6.42. The summed E-state index contributed by atoms with van der Waals surface area (Å²) in [4.78, 5) is 12.0. The molecule has 0 saturated heterocycles. The first-order valence-corrected chi connectivity index (χ1v) is 8.68. The van der Waals surface area contributed by atoms with Crippen LogP contribution in [-0.2, 0) is 23.6 Å². The van der Waals surface area contributed by atoms with Crippen molar-refractivity contribution in [2.24, 2.45) is 0 Å². The number of urea groups is 1. The summed E-state index contributed by atoms with van der Waals surface area (Å²) in [5, 5.41) is 5.70. The zero-order chi connectivity index (χ0) is 15.1. The number of hydrogen-bond acceptors (Lipinski definition) is 2. The minimum Gasteiger partial charge on any atom is -0.334 e. The Morgan fingerprint density at radius 3 is 2.55 bits per heavy atom. The summed E-state index contributed by atoms with van der Waals surface area (Å²) in [5.74, 6) is 0.461. The number of anilines is 1. The molecule has 0 aliphatic rings. The summed E-state index contributed by atoms with van der Waals surface area (Å²) in [7, 11) is -0.912. The molecule has 0 radical (unpaired) electrons. The molecule has 1 aromatic rings. The Morgan fingerprint density at radius 1 is 1.30 bits per heavy atom. The Kier molecular flexibility index (Phi) is 6.71. The van der Waals surface area contributed by atoms with Crippen molar-refractivity contribution in [1.82, 2.24) is 5.32 Å². The Hall–Kier alpha value is -1.36. The Balaban J connectivity index is 2.71. The maximum absolute atomic E-state index is 12.0. The first-order valence-electron chi connectivity index (χ1n) is 6.95. The Bertz CT molecular complexity index is 489. The minimum atomic E-state index is -0.912. The van der Waals surface area contributed by atoms with Crippen LogP contribution in [0.15, 0.2) is 18.2 Å². The van der Waals surface area contributed by atoms with Crippen LogP contribution in [0.3, 0.4) is 0 Å². The summed E-state index contributed by atoms with van der Waals surface area (Å²) >= 11 is 0. The number of carbonyl (C=O) groups is 1. The van der Waals surface area contributed by atoms with E-state index in [1.165, 1.54) is 5.56 Å². The highest BCUT2D eigenvalue weighted by atomic mass is 32.2. The second kappa shape index (κ2) is 8.04. The topological polar surface area (TPSA) is 58.2 Å². The molecule has 5 heteroatoms. The van der Waals surface area contributed by atoms with Gasteiger partial charge in [-0.3, -0.25) is 4.21 Å². The van der Waals surface area contributed by atoms with E-state index < -0.39 is 10.8 Å². The van der Waals surface area contributed by atoms with Crippen LogP contribution in [0.1, 0.15) is 31.9 Å². The number of hydrogen-bond donors (Lipinski definition) is 2. The first-order chi connectivity index (χ1) is 9.46. The van der Waals surface area contributed by atoms with E-state index in [-0.39, 0.29) is 12.1 Å². The van der Waals surface area contributed by atoms with Crippen LogP contribution in [0.5, 0.6) is 0 Å². The Morgan fingerprint density at radius 2 is 2.00 bits per heavy atom. The molecule has 2 N–H and O–H groups in total. The molecule has 1 rings (SSSR count). The minimum absolute atomic E-state index is 0.111. The summed E-state index contributed by atoms with van der Waals surface area (Å²) < 4.78 is 11.1. The van der Waals surface area contributed by atoms with Crippen LogP contribution in [0.25, 0.3) is 0 Å². The van der Waals surface area contributed by atoms with Crippen LogP contribution in [0.2, 0.25) is 0 Å². The third-order valence-corrected chi connectivity index (χ3v) is 4.04. The highest BCUT2D eigenvalue weighted by Gasteiger charge is 2.10. The quantitative estimate of drug-likeness (QED) is 0.848. The fourth-order valence-electron chi connectivity index (χ4n) is 2.04. The van der Waals surface area contributed by atoms with Crippen molar-refractivity contribution in [1.29, 1.82) is 0 Å². The molecule has 20 heavy (non-hydrogen) atoms. The summed E-state index contributed by atoms with van der Waals surface area (Å²) in [6, 6.07) is 5.80. The van der Waals surface area contributed by atoms with Gasteiger partial charge in [-0.2, -0.15) is 0 Å². The molecule has 2 amide bonds. The van der Waals surface area contributed by atoms with Gasteiger partial charge in [0.25, 0.3) is 0 Å². The monoisotopic (exact) mass is 296 g/mol. The molecular weight excluding hydrogens is 272 g/mol. The number of benzene rings is 1. The van der Waals surface area contributed by atoms with Crippen molar-refractivity contribution < 1.29 is 9.00 Å². The molecule has 0 aromatic heterocycles. The lowest BCUT2D eigenvalue weighted by Gasteiger charge is -2.15. The van der Waals surface area contributed by atoms with Gasteiger partial charge in [-0.25, -0.2) is 4.79 Å². The molecule has 0 unspecified atom stereocenters. The van der Waals surface area contributed by atoms with Gasteiger partial charge < -0.3 is 10.6 Å². The lowest BCUT2D eigenvalue weighted by Crippen LogP contribution is -2.39. The van der Waals surface area contributed by atoms with Crippen LogP contribution < -0.4 is 10.6 Å². The number of aryl methyl sites for hydroxylation is 2. The molecule has 0 aliphatic heterocycles. The van der Waals surface area contributed by atoms with Crippen molar-refractivity contribution >= 4 is 22.5 Å². The second-order valence-electron chi connectivity index (χ2n) is 4.94. The summed E-state index contributed by atoms with van der Waals surface area (Å²) in [6.45, 7) is 6.00. The molecule has 0 spiro atoms. The first kappa shape index (κ1) is 16.7. The number of amides is 2. The zero-order valence-electron chi connectivity index (χ0n) is 12.7. The average molecular weight is 296 g/mol. The highest BCUT2D eigenvalue weighted by Crippen LogP contribution is 2.19. The molecule has 0 aliphatic carbocycles. The lowest BCUT2D eigenvalue weighted by molar-refractivity contribution is 0.250. The van der Waals surface area contributed by atoms with Crippen molar-refractivity contribution in [2.45, 2.75) is 39.7 Å². The van der Waals surface area contributed by atoms with E-state index in [0.717, 1.165) is 24.1 Å². The van der Waals surface area contributed by atoms with Crippen molar-refractivity contribution in [3.63, 3.8) is 0 Å². The predicted molar refractivity (Wildman–Crippen MR) is 85.7 cm³/mol. The molecule has 112 valence electrons. The van der Waals surface area contributed by atoms with Crippen LogP contribution >= 0.6 is 0 Å². The van der Waals surface area contributed by atoms with E-state index in [4.69, 9.17) is 0 Å². The van der Waals surface area contributed by atoms with Crippen LogP contribution in [0, 0.1) is 0 Å². The van der Waals surface area contributed by atoms with Gasteiger partial charge in [-0.05, 0) is 37.0 Å². The van der Waals surface area contributed by atoms with E-state index in [0.29, 0.717) is 5.75 Å². The van der Waals surface area contributed by atoms with E-state index in [9.17, 15) is 9.00 Å². The molecule has 0 bridgehead atoms. The normalized spacial score (nSPS) is 13.6. The number of rotatable bonds is 6. The molecule has 1 aromatic carbocycles. The van der Waals surface area contributed by atoms with Gasteiger partial charge in [-0.15, -0.1) is 0 Å². The number of nitrogens with one attached hydrogen (secondary N) is 2. The van der Waals surface area contributed by atoms with Crippen molar-refractivity contribution in [3.05, 3.63) is 29.3 Å². The van der Waals surface area contributed by atoms with E-state index >= 15 is 0 Å². The Labute approximate surface area is 123 Å². The smallest absolute Gasteiger partial charge is 0.319 e. The van der Waals surface area contributed by atoms with Gasteiger partial charge in [0.15, 0.2) is 0 Å². The van der Waals surface area contributed by atoms with Gasteiger partial charge in [-0.1, -0.05) is 26.0 Å². The van der Waals surface area contributed by atoms with Crippen LogP contribution in [-0.4, -0.2) is 28.3 Å². The summed E-state index contributed by atoms with van der Waals surface area (Å²) in [5.41, 5.74) is 3.17. The molecule has 0 heterocycles.